The molecule has 6 heteroatoms. The van der Waals surface area contributed by atoms with Gasteiger partial charge in [0.15, 0.2) is 11.5 Å². The molecule has 2 aromatic heterocycles. The molecule has 76 valence electrons. The molecule has 1 N–H and O–H groups in total. The number of nitrogens with zero attached hydrogens (tertiary/aromatic N) is 2. The van der Waals surface area contributed by atoms with E-state index in [0.717, 1.165) is 0 Å². The van der Waals surface area contributed by atoms with E-state index in [2.05, 4.69) is 9.97 Å². The van der Waals surface area contributed by atoms with Crippen LogP contribution in [0.5, 0.6) is 0 Å². The second-order valence-electron chi connectivity index (χ2n) is 2.72. The van der Waals surface area contributed by atoms with Gasteiger partial charge in [0.2, 0.25) is 0 Å². The van der Waals surface area contributed by atoms with Gasteiger partial charge < -0.3 is 9.52 Å². The molecule has 0 bridgehead atoms. The van der Waals surface area contributed by atoms with Gasteiger partial charge in [0.25, 0.3) is 0 Å². The summed E-state index contributed by atoms with van der Waals surface area (Å²) in [6.45, 7) is 0. The van der Waals surface area contributed by atoms with Crippen LogP contribution in [0.15, 0.2) is 29.1 Å². The van der Waals surface area contributed by atoms with E-state index >= 15 is 0 Å². The van der Waals surface area contributed by atoms with Crippen molar-refractivity contribution >= 4 is 17.6 Å². The molecule has 2 heterocycles. The fraction of sp³-hybridized carbons (Fsp3) is 0. The van der Waals surface area contributed by atoms with Gasteiger partial charge in [-0.25, -0.2) is 14.8 Å². The van der Waals surface area contributed by atoms with E-state index in [9.17, 15) is 4.79 Å². The van der Waals surface area contributed by atoms with Crippen LogP contribution in [0.1, 0.15) is 10.5 Å². The van der Waals surface area contributed by atoms with Crippen molar-refractivity contribution in [3.63, 3.8) is 0 Å². The SMILES string of the molecule is O=C(O)c1cc(Cl)nc(-c2ccoc2)n1. The predicted molar refractivity (Wildman–Crippen MR) is 51.7 cm³/mol. The second kappa shape index (κ2) is 3.70. The third-order valence-corrected chi connectivity index (χ3v) is 1.89. The molecule has 2 aromatic rings. The summed E-state index contributed by atoms with van der Waals surface area (Å²) in [5, 5.41) is 8.84. The summed E-state index contributed by atoms with van der Waals surface area (Å²) in [4.78, 5) is 18.4. The van der Waals surface area contributed by atoms with Gasteiger partial charge in [-0.2, -0.15) is 0 Å². The number of halogens is 1. The summed E-state index contributed by atoms with van der Waals surface area (Å²) >= 11 is 5.67. The van der Waals surface area contributed by atoms with Crippen LogP contribution in [0.4, 0.5) is 0 Å². The average Bonchev–Trinajstić information content (AvgIpc) is 2.69. The fourth-order valence-electron chi connectivity index (χ4n) is 1.05. The zero-order valence-corrected chi connectivity index (χ0v) is 8.10. The molecule has 0 saturated heterocycles. The Bertz CT molecular complexity index is 496. The van der Waals surface area contributed by atoms with Gasteiger partial charge in [0.05, 0.1) is 11.8 Å². The number of aromatic nitrogens is 2. The van der Waals surface area contributed by atoms with Gasteiger partial charge in [0.1, 0.15) is 11.4 Å². The van der Waals surface area contributed by atoms with Crippen molar-refractivity contribution in [1.82, 2.24) is 9.97 Å². The van der Waals surface area contributed by atoms with Crippen molar-refractivity contribution < 1.29 is 14.3 Å². The quantitative estimate of drug-likeness (QED) is 0.791. The number of hydrogen-bond donors (Lipinski definition) is 1. The normalized spacial score (nSPS) is 10.2. The van der Waals surface area contributed by atoms with Crippen LogP contribution in [-0.2, 0) is 0 Å². The monoisotopic (exact) mass is 224 g/mol. The molecular weight excluding hydrogens is 220 g/mol. The van der Waals surface area contributed by atoms with Gasteiger partial charge in [-0.1, -0.05) is 11.6 Å². The van der Waals surface area contributed by atoms with Crippen LogP contribution in [0.2, 0.25) is 5.15 Å². The van der Waals surface area contributed by atoms with Crippen LogP contribution in [0.3, 0.4) is 0 Å². The van der Waals surface area contributed by atoms with Crippen LogP contribution in [0.25, 0.3) is 11.4 Å². The lowest BCUT2D eigenvalue weighted by Gasteiger charge is -1.99. The van der Waals surface area contributed by atoms with Crippen molar-refractivity contribution in [2.24, 2.45) is 0 Å². The van der Waals surface area contributed by atoms with E-state index in [1.165, 1.54) is 18.6 Å². The zero-order chi connectivity index (χ0) is 10.8. The number of hydrogen-bond acceptors (Lipinski definition) is 4. The Kier molecular flexibility index (Phi) is 2.39. The first-order valence-corrected chi connectivity index (χ1v) is 4.35. The summed E-state index contributed by atoms with van der Waals surface area (Å²) in [7, 11) is 0. The summed E-state index contributed by atoms with van der Waals surface area (Å²) in [6, 6.07) is 2.81. The zero-order valence-electron chi connectivity index (χ0n) is 7.35. The Hall–Kier alpha value is -1.88. The Morgan fingerprint density at radius 3 is 2.87 bits per heavy atom. The second-order valence-corrected chi connectivity index (χ2v) is 3.10. The molecule has 15 heavy (non-hydrogen) atoms. The minimum Gasteiger partial charge on any atom is -0.477 e. The van der Waals surface area contributed by atoms with E-state index in [4.69, 9.17) is 21.1 Å². The summed E-state index contributed by atoms with van der Waals surface area (Å²) in [6.07, 6.45) is 2.86. The van der Waals surface area contributed by atoms with E-state index in [1.807, 2.05) is 0 Å². The molecule has 5 nitrogen and oxygen atoms in total. The highest BCUT2D eigenvalue weighted by Gasteiger charge is 2.11. The Labute approximate surface area is 89.3 Å². The highest BCUT2D eigenvalue weighted by atomic mass is 35.5. The molecule has 2 rings (SSSR count). The molecule has 0 unspecified atom stereocenters. The van der Waals surface area contributed by atoms with Crippen LogP contribution >= 0.6 is 11.6 Å². The van der Waals surface area contributed by atoms with Crippen molar-refractivity contribution in [1.29, 1.82) is 0 Å². The lowest BCUT2D eigenvalue weighted by Crippen LogP contribution is -2.02. The van der Waals surface area contributed by atoms with Crippen LogP contribution in [-0.4, -0.2) is 21.0 Å². The first kappa shape index (κ1) is 9.67. The van der Waals surface area contributed by atoms with E-state index in [1.54, 1.807) is 6.07 Å². The lowest BCUT2D eigenvalue weighted by molar-refractivity contribution is 0.0690. The number of furan rings is 1. The van der Waals surface area contributed by atoms with Crippen LogP contribution in [0, 0.1) is 0 Å². The molecule has 0 saturated carbocycles. The van der Waals surface area contributed by atoms with E-state index in [-0.39, 0.29) is 16.7 Å². The molecule has 0 atom stereocenters. The topological polar surface area (TPSA) is 76.2 Å². The first-order valence-electron chi connectivity index (χ1n) is 3.97. The van der Waals surface area contributed by atoms with Gasteiger partial charge >= 0.3 is 5.97 Å². The fourth-order valence-corrected chi connectivity index (χ4v) is 1.23. The molecule has 0 aliphatic carbocycles. The highest BCUT2D eigenvalue weighted by Crippen LogP contribution is 2.18. The van der Waals surface area contributed by atoms with Crippen LogP contribution < -0.4 is 0 Å². The van der Waals surface area contributed by atoms with Crippen molar-refractivity contribution in [3.8, 4) is 11.4 Å². The van der Waals surface area contributed by atoms with Crippen molar-refractivity contribution in [2.45, 2.75) is 0 Å². The minimum atomic E-state index is -1.15. The largest absolute Gasteiger partial charge is 0.477 e. The first-order chi connectivity index (χ1) is 7.16. The Morgan fingerprint density at radius 2 is 2.27 bits per heavy atom. The Morgan fingerprint density at radius 1 is 1.47 bits per heavy atom. The number of carboxylic acids is 1. The number of aromatic carboxylic acids is 1. The summed E-state index contributed by atoms with van der Waals surface area (Å²) < 4.78 is 4.84. The number of carboxylic acid groups (broad SMARTS) is 1. The molecule has 0 amide bonds. The van der Waals surface area contributed by atoms with E-state index < -0.39 is 5.97 Å². The van der Waals surface area contributed by atoms with Gasteiger partial charge in [0, 0.05) is 6.07 Å². The standard InChI is InChI=1S/C9H5ClN2O3/c10-7-3-6(9(13)14)11-8(12-7)5-1-2-15-4-5/h1-4H,(H,13,14). The smallest absolute Gasteiger partial charge is 0.354 e. The summed E-state index contributed by atoms with van der Waals surface area (Å²) in [5.74, 6) is -0.919. The maximum absolute atomic E-state index is 10.7. The third kappa shape index (κ3) is 1.97. The Balaban J connectivity index is 2.54. The maximum atomic E-state index is 10.7. The predicted octanol–water partition coefficient (Wildman–Crippen LogP) is 2.09. The molecular formula is C9H5ClN2O3. The van der Waals surface area contributed by atoms with Gasteiger partial charge in [-0.3, -0.25) is 0 Å². The van der Waals surface area contributed by atoms with Gasteiger partial charge in [-0.05, 0) is 6.07 Å². The highest BCUT2D eigenvalue weighted by molar-refractivity contribution is 6.29. The molecule has 0 aliphatic rings. The minimum absolute atomic E-state index is 0.0820. The van der Waals surface area contributed by atoms with Crippen molar-refractivity contribution in [3.05, 3.63) is 35.5 Å². The average molecular weight is 225 g/mol. The molecule has 0 aliphatic heterocycles. The van der Waals surface area contributed by atoms with Gasteiger partial charge in [-0.15, -0.1) is 0 Å². The third-order valence-electron chi connectivity index (χ3n) is 1.69. The number of rotatable bonds is 2. The lowest BCUT2D eigenvalue weighted by atomic mass is 10.3. The number of carbonyl (C=O) groups is 1. The molecule has 0 radical (unpaired) electrons. The molecule has 0 fully saturated rings. The van der Waals surface area contributed by atoms with E-state index in [0.29, 0.717) is 5.56 Å². The molecule has 0 spiro atoms. The molecule has 0 aromatic carbocycles. The van der Waals surface area contributed by atoms with Crippen molar-refractivity contribution in [2.75, 3.05) is 0 Å². The summed E-state index contributed by atoms with van der Waals surface area (Å²) in [5.41, 5.74) is 0.436. The maximum Gasteiger partial charge on any atom is 0.354 e.